The number of rotatable bonds is 3. The van der Waals surface area contributed by atoms with Crippen LogP contribution in [0.1, 0.15) is 40.7 Å². The van der Waals surface area contributed by atoms with Gasteiger partial charge in [-0.15, -0.1) is 5.56 Å². The normalized spacial score (nSPS) is 14.4. The molecule has 0 aromatic heterocycles. The van der Waals surface area contributed by atoms with Crippen LogP contribution >= 0.6 is 0 Å². The van der Waals surface area contributed by atoms with Crippen LogP contribution in [0.3, 0.4) is 0 Å². The van der Waals surface area contributed by atoms with Gasteiger partial charge in [-0.1, -0.05) is 34.1 Å². The van der Waals surface area contributed by atoms with Gasteiger partial charge in [0.05, 0.1) is 0 Å². The molecule has 2 aromatic carbocycles. The van der Waals surface area contributed by atoms with E-state index in [1.165, 1.54) is 61.2 Å². The molecule has 3 rings (SSSR count). The minimum atomic E-state index is 0. The first-order valence-electron chi connectivity index (χ1n) is 8.22. The molecule has 2 aromatic rings. The van der Waals surface area contributed by atoms with E-state index >= 15 is 0 Å². The van der Waals surface area contributed by atoms with Crippen molar-refractivity contribution in [1.82, 2.24) is 4.90 Å². The van der Waals surface area contributed by atoms with Crippen molar-refractivity contribution < 1.29 is 17.1 Å². The van der Waals surface area contributed by atoms with E-state index in [9.17, 15) is 0 Å². The Hall–Kier alpha value is -0.821. The Kier molecular flexibility index (Phi) is 8.17. The van der Waals surface area contributed by atoms with Crippen molar-refractivity contribution in [3.05, 3.63) is 58.1 Å². The molecule has 0 bridgehead atoms. The molecule has 1 aliphatic rings. The molecule has 0 aliphatic carbocycles. The van der Waals surface area contributed by atoms with Gasteiger partial charge < -0.3 is 4.90 Å². The van der Waals surface area contributed by atoms with Gasteiger partial charge in [0, 0.05) is 17.1 Å². The maximum Gasteiger partial charge on any atom is 0 e. The van der Waals surface area contributed by atoms with Crippen molar-refractivity contribution in [3.8, 4) is 0 Å². The monoisotopic (exact) mass is 339 g/mol. The molecule has 1 heterocycles. The molecule has 0 amide bonds. The molecule has 0 atom stereocenters. The summed E-state index contributed by atoms with van der Waals surface area (Å²) in [5.41, 5.74) is 7.70. The first-order valence-corrected chi connectivity index (χ1v) is 8.22. The van der Waals surface area contributed by atoms with Crippen LogP contribution in [-0.4, -0.2) is 24.5 Å². The van der Waals surface area contributed by atoms with Crippen LogP contribution in [0, 0.1) is 27.7 Å². The molecule has 1 fully saturated rings. The van der Waals surface area contributed by atoms with Gasteiger partial charge in [0.1, 0.15) is 0 Å². The van der Waals surface area contributed by atoms with Crippen LogP contribution in [0.2, 0.25) is 0 Å². The summed E-state index contributed by atoms with van der Waals surface area (Å²) in [6.07, 6.45) is 4.04. The van der Waals surface area contributed by atoms with Crippen molar-refractivity contribution in [1.29, 1.82) is 0 Å². The van der Waals surface area contributed by atoms with Gasteiger partial charge in [-0.05, 0) is 32.5 Å². The summed E-state index contributed by atoms with van der Waals surface area (Å²) in [6, 6.07) is 10.0. The number of hydrogen-bond acceptors (Lipinski definition) is 1. The predicted octanol–water partition coefficient (Wildman–Crippen LogP) is 4.68. The molecule has 0 N–H and O–H groups in total. The molecular weight excluding hydrogens is 310 g/mol. The third kappa shape index (κ3) is 4.84. The van der Waals surface area contributed by atoms with Crippen molar-refractivity contribution >= 4 is 0 Å². The molecule has 1 nitrogen and oxygen atoms in total. The van der Waals surface area contributed by atoms with Crippen molar-refractivity contribution in [2.24, 2.45) is 0 Å². The molecule has 124 valence electrons. The Morgan fingerprint density at radius 3 is 1.86 bits per heavy atom. The second-order valence-corrected chi connectivity index (χ2v) is 6.24. The standard InChI is InChI=1S/C15H24N.C5H5.Fe/c1-11-12(2)14(4)15(13(11)3)7-10-16-8-5-6-9-16;1-2-4-5-3-1;/h5-10H2,1-4H3;1-5H;/q2*-1;. The predicted molar refractivity (Wildman–Crippen MR) is 92.4 cm³/mol. The minimum absolute atomic E-state index is 0. The van der Waals surface area contributed by atoms with Gasteiger partial charge in [0.2, 0.25) is 0 Å². The average Bonchev–Trinajstić information content (AvgIpc) is 3.22. The van der Waals surface area contributed by atoms with E-state index in [1.807, 2.05) is 30.3 Å². The summed E-state index contributed by atoms with van der Waals surface area (Å²) in [4.78, 5) is 2.61. The largest absolute Gasteiger partial charge is 0.304 e. The third-order valence-electron chi connectivity index (χ3n) is 5.03. The first kappa shape index (κ1) is 19.2. The average molecular weight is 339 g/mol. The van der Waals surface area contributed by atoms with E-state index in [1.54, 1.807) is 5.56 Å². The molecule has 22 heavy (non-hydrogen) atoms. The fourth-order valence-corrected chi connectivity index (χ4v) is 3.27. The van der Waals surface area contributed by atoms with Gasteiger partial charge >= 0.3 is 0 Å². The summed E-state index contributed by atoms with van der Waals surface area (Å²) in [5, 5.41) is 0. The molecule has 0 saturated carbocycles. The molecule has 1 saturated heterocycles. The summed E-state index contributed by atoms with van der Waals surface area (Å²) >= 11 is 0. The number of likely N-dealkylation sites (tertiary alicyclic amines) is 1. The van der Waals surface area contributed by atoms with Gasteiger partial charge in [-0.2, -0.15) is 40.5 Å². The van der Waals surface area contributed by atoms with Crippen LogP contribution in [0.4, 0.5) is 0 Å². The molecule has 2 heteroatoms. The summed E-state index contributed by atoms with van der Waals surface area (Å²) in [5.74, 6) is 0. The van der Waals surface area contributed by atoms with Crippen LogP contribution in [0.25, 0.3) is 0 Å². The zero-order chi connectivity index (χ0) is 15.2. The SMILES string of the molecule is Cc1c(C)c(C)[c-](CCN2CCCC2)c1C.[Fe].c1cc[cH-]c1. The minimum Gasteiger partial charge on any atom is -0.304 e. The summed E-state index contributed by atoms with van der Waals surface area (Å²) < 4.78 is 0. The topological polar surface area (TPSA) is 3.24 Å². The maximum absolute atomic E-state index is 2.61. The van der Waals surface area contributed by atoms with Crippen LogP contribution < -0.4 is 0 Å². The third-order valence-corrected chi connectivity index (χ3v) is 5.03. The zero-order valence-electron chi connectivity index (χ0n) is 14.4. The summed E-state index contributed by atoms with van der Waals surface area (Å²) in [6.45, 7) is 13.0. The van der Waals surface area contributed by atoms with Crippen molar-refractivity contribution in [2.45, 2.75) is 47.0 Å². The Morgan fingerprint density at radius 1 is 0.955 bits per heavy atom. The number of hydrogen-bond donors (Lipinski definition) is 0. The maximum atomic E-state index is 2.61. The molecular formula is C20H29FeN-2. The Balaban J connectivity index is 0.000000344. The second-order valence-electron chi connectivity index (χ2n) is 6.24. The van der Waals surface area contributed by atoms with E-state index in [0.717, 1.165) is 0 Å². The summed E-state index contributed by atoms with van der Waals surface area (Å²) in [7, 11) is 0. The molecule has 1 aliphatic heterocycles. The van der Waals surface area contributed by atoms with Crippen LogP contribution in [0.15, 0.2) is 30.3 Å². The van der Waals surface area contributed by atoms with E-state index < -0.39 is 0 Å². The molecule has 0 spiro atoms. The zero-order valence-corrected chi connectivity index (χ0v) is 15.5. The van der Waals surface area contributed by atoms with E-state index in [0.29, 0.717) is 0 Å². The van der Waals surface area contributed by atoms with Gasteiger partial charge in [0.15, 0.2) is 0 Å². The van der Waals surface area contributed by atoms with E-state index in [-0.39, 0.29) is 17.1 Å². The second kappa shape index (κ2) is 9.35. The van der Waals surface area contributed by atoms with Gasteiger partial charge in [-0.3, -0.25) is 0 Å². The Labute approximate surface area is 146 Å². The van der Waals surface area contributed by atoms with Gasteiger partial charge in [-0.25, -0.2) is 12.1 Å². The van der Waals surface area contributed by atoms with Crippen molar-refractivity contribution in [2.75, 3.05) is 19.6 Å². The van der Waals surface area contributed by atoms with E-state index in [4.69, 9.17) is 0 Å². The molecule has 0 radical (unpaired) electrons. The fourth-order valence-electron chi connectivity index (χ4n) is 3.27. The Morgan fingerprint density at radius 2 is 1.45 bits per heavy atom. The van der Waals surface area contributed by atoms with Crippen LogP contribution in [0.5, 0.6) is 0 Å². The van der Waals surface area contributed by atoms with E-state index in [2.05, 4.69) is 32.6 Å². The fraction of sp³-hybridized carbons (Fsp3) is 0.500. The quantitative estimate of drug-likeness (QED) is 0.580. The van der Waals surface area contributed by atoms with Crippen LogP contribution in [-0.2, 0) is 23.5 Å². The first-order chi connectivity index (χ1) is 10.1. The number of nitrogens with zero attached hydrogens (tertiary/aromatic N) is 1. The Bertz CT molecular complexity index is 488. The van der Waals surface area contributed by atoms with Gasteiger partial charge in [0.25, 0.3) is 0 Å². The molecule has 0 unspecified atom stereocenters. The van der Waals surface area contributed by atoms with Crippen molar-refractivity contribution in [3.63, 3.8) is 0 Å². The smallest absolute Gasteiger partial charge is 0 e.